The highest BCUT2D eigenvalue weighted by Crippen LogP contribution is 2.40. The van der Waals surface area contributed by atoms with E-state index < -0.39 is 29.1 Å². The maximum Gasteiger partial charge on any atom is 0.416 e. The first kappa shape index (κ1) is 27.5. The van der Waals surface area contributed by atoms with E-state index in [2.05, 4.69) is 4.90 Å². The van der Waals surface area contributed by atoms with Crippen molar-refractivity contribution in [3.8, 4) is 5.75 Å². The molecular weight excluding hydrogens is 484 g/mol. The molecule has 0 aliphatic rings. The van der Waals surface area contributed by atoms with E-state index in [1.54, 1.807) is 24.3 Å². The maximum atomic E-state index is 13.1. The van der Waals surface area contributed by atoms with Crippen molar-refractivity contribution >= 4 is 0 Å². The Bertz CT molecular complexity index is 1050. The largest absolute Gasteiger partial charge is 0.492 e. The van der Waals surface area contributed by atoms with Crippen LogP contribution in [0, 0.1) is 0 Å². The molecule has 0 aliphatic heterocycles. The summed E-state index contributed by atoms with van der Waals surface area (Å²) >= 11 is 0. The standard InChI is InChI=1S/C27H27F6NO2/c1-3-34(4-2)17-18-36-24-15-13-21(14-16-24)25(35,19-5-9-22(10-6-19)26(28,29)30)20-7-11-23(12-8-20)27(31,32)33/h5-16,35H,3-4,17-18H2,1-2H3. The van der Waals surface area contributed by atoms with Gasteiger partial charge in [-0.3, -0.25) is 0 Å². The number of rotatable bonds is 9. The lowest BCUT2D eigenvalue weighted by Gasteiger charge is -2.31. The number of aliphatic hydroxyl groups is 1. The van der Waals surface area contributed by atoms with E-state index in [0.29, 0.717) is 12.4 Å². The molecule has 0 aromatic heterocycles. The summed E-state index contributed by atoms with van der Waals surface area (Å²) in [5, 5.41) is 11.8. The molecule has 3 nitrogen and oxygen atoms in total. The molecular formula is C27H27F6NO2. The summed E-state index contributed by atoms with van der Waals surface area (Å²) in [7, 11) is 0. The van der Waals surface area contributed by atoms with Crippen LogP contribution in [0.2, 0.25) is 0 Å². The van der Waals surface area contributed by atoms with Gasteiger partial charge in [-0.05, 0) is 66.2 Å². The Balaban J connectivity index is 1.97. The third-order valence-corrected chi connectivity index (χ3v) is 6.10. The minimum Gasteiger partial charge on any atom is -0.492 e. The van der Waals surface area contributed by atoms with Gasteiger partial charge in [-0.1, -0.05) is 50.2 Å². The van der Waals surface area contributed by atoms with Crippen LogP contribution in [0.15, 0.2) is 72.8 Å². The van der Waals surface area contributed by atoms with Gasteiger partial charge in [0.2, 0.25) is 0 Å². The third kappa shape index (κ3) is 6.20. The van der Waals surface area contributed by atoms with E-state index in [9.17, 15) is 31.4 Å². The first-order valence-corrected chi connectivity index (χ1v) is 11.4. The summed E-state index contributed by atoms with van der Waals surface area (Å²) in [6, 6.07) is 14.1. The number of benzene rings is 3. The highest BCUT2D eigenvalue weighted by Gasteiger charge is 2.37. The Morgan fingerprint density at radius 3 is 1.28 bits per heavy atom. The van der Waals surface area contributed by atoms with Crippen molar-refractivity contribution in [2.75, 3.05) is 26.2 Å². The van der Waals surface area contributed by atoms with Gasteiger partial charge in [0.15, 0.2) is 0 Å². The van der Waals surface area contributed by atoms with E-state index in [1.807, 2.05) is 13.8 Å². The van der Waals surface area contributed by atoms with Crippen molar-refractivity contribution < 1.29 is 36.2 Å². The summed E-state index contributed by atoms with van der Waals surface area (Å²) in [5.41, 5.74) is -3.40. The topological polar surface area (TPSA) is 32.7 Å². The molecule has 194 valence electrons. The van der Waals surface area contributed by atoms with Gasteiger partial charge in [0.05, 0.1) is 11.1 Å². The molecule has 0 amide bonds. The molecule has 0 atom stereocenters. The second-order valence-electron chi connectivity index (χ2n) is 8.26. The number of likely N-dealkylation sites (N-methyl/N-ethyl adjacent to an activating group) is 1. The molecule has 0 radical (unpaired) electrons. The number of hydrogen-bond donors (Lipinski definition) is 1. The Kier molecular flexibility index (Phi) is 8.36. The summed E-state index contributed by atoms with van der Waals surface area (Å²) in [5.74, 6) is 0.521. The van der Waals surface area contributed by atoms with E-state index in [0.717, 1.165) is 68.2 Å². The average molecular weight is 512 g/mol. The van der Waals surface area contributed by atoms with E-state index >= 15 is 0 Å². The van der Waals surface area contributed by atoms with Crippen LogP contribution in [0.25, 0.3) is 0 Å². The lowest BCUT2D eigenvalue weighted by atomic mass is 9.80. The fourth-order valence-corrected chi connectivity index (χ4v) is 3.93. The van der Waals surface area contributed by atoms with Gasteiger partial charge < -0.3 is 14.7 Å². The fourth-order valence-electron chi connectivity index (χ4n) is 3.93. The monoisotopic (exact) mass is 511 g/mol. The zero-order valence-corrected chi connectivity index (χ0v) is 19.8. The van der Waals surface area contributed by atoms with Crippen LogP contribution in [-0.4, -0.2) is 36.2 Å². The summed E-state index contributed by atoms with van der Waals surface area (Å²) in [6.07, 6.45) is -9.15. The Hall–Kier alpha value is -3.04. The first-order chi connectivity index (χ1) is 16.9. The SMILES string of the molecule is CCN(CC)CCOc1ccc(C(O)(c2ccc(C(F)(F)F)cc2)c2ccc(C(F)(F)F)cc2)cc1. The zero-order valence-electron chi connectivity index (χ0n) is 19.8. The molecule has 3 rings (SSSR count). The van der Waals surface area contributed by atoms with Crippen LogP contribution in [0.4, 0.5) is 26.3 Å². The predicted octanol–water partition coefficient (Wildman–Crippen LogP) is 6.73. The minimum absolute atomic E-state index is 0.0745. The maximum absolute atomic E-state index is 13.1. The lowest BCUT2D eigenvalue weighted by molar-refractivity contribution is -0.138. The molecule has 0 spiro atoms. The normalized spacial score (nSPS) is 12.7. The number of ether oxygens (including phenoxy) is 1. The summed E-state index contributed by atoms with van der Waals surface area (Å²) in [6.45, 7) is 7.00. The Morgan fingerprint density at radius 2 is 0.944 bits per heavy atom. The van der Waals surface area contributed by atoms with Gasteiger partial charge in [-0.25, -0.2) is 0 Å². The molecule has 0 bridgehead atoms. The van der Waals surface area contributed by atoms with Crippen molar-refractivity contribution in [1.82, 2.24) is 4.90 Å². The van der Waals surface area contributed by atoms with Crippen LogP contribution in [0.1, 0.15) is 41.7 Å². The van der Waals surface area contributed by atoms with E-state index in [-0.39, 0.29) is 16.7 Å². The van der Waals surface area contributed by atoms with Gasteiger partial charge in [-0.2, -0.15) is 26.3 Å². The number of halogens is 6. The van der Waals surface area contributed by atoms with Crippen molar-refractivity contribution in [2.45, 2.75) is 31.8 Å². The number of hydrogen-bond acceptors (Lipinski definition) is 3. The van der Waals surface area contributed by atoms with Gasteiger partial charge in [0.25, 0.3) is 0 Å². The van der Waals surface area contributed by atoms with Crippen molar-refractivity contribution in [3.63, 3.8) is 0 Å². The summed E-state index contributed by atoms with van der Waals surface area (Å²) in [4.78, 5) is 2.18. The molecule has 0 aliphatic carbocycles. The zero-order chi connectivity index (χ0) is 26.6. The minimum atomic E-state index is -4.57. The third-order valence-electron chi connectivity index (χ3n) is 6.10. The van der Waals surface area contributed by atoms with Gasteiger partial charge in [0, 0.05) is 6.54 Å². The van der Waals surface area contributed by atoms with Crippen LogP contribution in [0.5, 0.6) is 5.75 Å². The number of alkyl halides is 6. The molecule has 3 aromatic carbocycles. The summed E-state index contributed by atoms with van der Waals surface area (Å²) < 4.78 is 84.2. The number of nitrogens with zero attached hydrogens (tertiary/aromatic N) is 1. The van der Waals surface area contributed by atoms with Crippen LogP contribution >= 0.6 is 0 Å². The van der Waals surface area contributed by atoms with Gasteiger partial charge in [0.1, 0.15) is 18.0 Å². The average Bonchev–Trinajstić information content (AvgIpc) is 2.86. The molecule has 9 heteroatoms. The first-order valence-electron chi connectivity index (χ1n) is 11.4. The predicted molar refractivity (Wildman–Crippen MR) is 125 cm³/mol. The van der Waals surface area contributed by atoms with E-state index in [1.165, 1.54) is 0 Å². The second-order valence-corrected chi connectivity index (χ2v) is 8.26. The Labute approximate surface area is 205 Å². The van der Waals surface area contributed by atoms with E-state index in [4.69, 9.17) is 4.74 Å². The van der Waals surface area contributed by atoms with Gasteiger partial charge >= 0.3 is 12.4 Å². The quantitative estimate of drug-likeness (QED) is 0.256. The van der Waals surface area contributed by atoms with Crippen molar-refractivity contribution in [2.24, 2.45) is 0 Å². The molecule has 1 N–H and O–H groups in total. The molecule has 36 heavy (non-hydrogen) atoms. The molecule has 0 unspecified atom stereocenters. The highest BCUT2D eigenvalue weighted by molar-refractivity contribution is 5.49. The molecule has 3 aromatic rings. The van der Waals surface area contributed by atoms with Crippen molar-refractivity contribution in [1.29, 1.82) is 0 Å². The smallest absolute Gasteiger partial charge is 0.416 e. The Morgan fingerprint density at radius 1 is 0.611 bits per heavy atom. The fraction of sp³-hybridized carbons (Fsp3) is 0.333. The van der Waals surface area contributed by atoms with Crippen LogP contribution in [-0.2, 0) is 18.0 Å². The molecule has 0 saturated heterocycles. The highest BCUT2D eigenvalue weighted by atomic mass is 19.4. The molecule has 0 saturated carbocycles. The van der Waals surface area contributed by atoms with Gasteiger partial charge in [-0.15, -0.1) is 0 Å². The van der Waals surface area contributed by atoms with Crippen LogP contribution < -0.4 is 4.74 Å². The molecule has 0 fully saturated rings. The van der Waals surface area contributed by atoms with Crippen LogP contribution in [0.3, 0.4) is 0 Å². The van der Waals surface area contributed by atoms with Crippen molar-refractivity contribution in [3.05, 3.63) is 101 Å². The molecule has 0 heterocycles. The second kappa shape index (κ2) is 10.9. The lowest BCUT2D eigenvalue weighted by Crippen LogP contribution is -2.29.